The van der Waals surface area contributed by atoms with Gasteiger partial charge < -0.3 is 15.7 Å². The third-order valence-corrected chi connectivity index (χ3v) is 2.64. The molecule has 1 amide bonds. The first kappa shape index (κ1) is 11.4. The molecule has 6 nitrogen and oxygen atoms in total. The monoisotopic (exact) mass is 235 g/mol. The summed E-state index contributed by atoms with van der Waals surface area (Å²) in [7, 11) is 0. The maximum atomic E-state index is 11.0. The van der Waals surface area contributed by atoms with Crippen molar-refractivity contribution in [3.05, 3.63) is 23.9 Å². The van der Waals surface area contributed by atoms with Crippen LogP contribution in [0, 0.1) is 0 Å². The Morgan fingerprint density at radius 2 is 2.47 bits per heavy atom. The molecule has 0 aromatic carbocycles. The molecule has 0 aliphatic carbocycles. The van der Waals surface area contributed by atoms with E-state index < -0.39 is 5.97 Å². The second-order valence-corrected chi connectivity index (χ2v) is 3.89. The molecule has 0 saturated carbocycles. The summed E-state index contributed by atoms with van der Waals surface area (Å²) in [5.41, 5.74) is 0.136. The Kier molecular flexibility index (Phi) is 3.22. The number of aromatic nitrogens is 1. The first-order valence-electron chi connectivity index (χ1n) is 5.38. The molecule has 3 N–H and O–H groups in total. The summed E-state index contributed by atoms with van der Waals surface area (Å²) in [4.78, 5) is 25.9. The van der Waals surface area contributed by atoms with Gasteiger partial charge in [-0.15, -0.1) is 0 Å². The minimum absolute atomic E-state index is 0.0382. The van der Waals surface area contributed by atoms with Gasteiger partial charge in [-0.1, -0.05) is 0 Å². The molecule has 1 atom stereocenters. The molecular weight excluding hydrogens is 222 g/mol. The Labute approximate surface area is 98.1 Å². The quantitative estimate of drug-likeness (QED) is 0.705. The molecule has 1 fully saturated rings. The Morgan fingerprint density at radius 1 is 1.65 bits per heavy atom. The molecule has 90 valence electrons. The van der Waals surface area contributed by atoms with Crippen LogP contribution in [0.5, 0.6) is 0 Å². The standard InChI is InChI=1S/C11H13N3O3/c15-9-4-3-7(14-9)6-13-10-8(11(16)17)2-1-5-12-10/h1-2,5,7H,3-4,6H2,(H,12,13)(H,14,15)(H,16,17). The lowest BCUT2D eigenvalue weighted by molar-refractivity contribution is -0.119. The molecule has 2 heterocycles. The van der Waals surface area contributed by atoms with Gasteiger partial charge in [0.1, 0.15) is 11.4 Å². The maximum absolute atomic E-state index is 11.0. The van der Waals surface area contributed by atoms with Gasteiger partial charge >= 0.3 is 5.97 Å². The van der Waals surface area contributed by atoms with Crippen LogP contribution in [-0.2, 0) is 4.79 Å². The topological polar surface area (TPSA) is 91.3 Å². The molecule has 0 bridgehead atoms. The molecule has 6 heteroatoms. The van der Waals surface area contributed by atoms with Gasteiger partial charge in [0.25, 0.3) is 0 Å². The molecule has 0 radical (unpaired) electrons. The molecular formula is C11H13N3O3. The number of rotatable bonds is 4. The normalized spacial score (nSPS) is 18.8. The molecule has 1 aliphatic heterocycles. The first-order valence-corrected chi connectivity index (χ1v) is 5.38. The number of hydrogen-bond acceptors (Lipinski definition) is 4. The summed E-state index contributed by atoms with van der Waals surface area (Å²) in [6.07, 6.45) is 2.82. The van der Waals surface area contributed by atoms with Crippen molar-refractivity contribution < 1.29 is 14.7 Å². The van der Waals surface area contributed by atoms with E-state index in [0.717, 1.165) is 6.42 Å². The van der Waals surface area contributed by atoms with E-state index >= 15 is 0 Å². The summed E-state index contributed by atoms with van der Waals surface area (Å²) < 4.78 is 0. The summed E-state index contributed by atoms with van der Waals surface area (Å²) in [5, 5.41) is 14.7. The minimum atomic E-state index is -1.02. The maximum Gasteiger partial charge on any atom is 0.339 e. The van der Waals surface area contributed by atoms with E-state index in [1.54, 1.807) is 6.07 Å². The average Bonchev–Trinajstić information content (AvgIpc) is 2.73. The van der Waals surface area contributed by atoms with E-state index in [1.807, 2.05) is 0 Å². The summed E-state index contributed by atoms with van der Waals surface area (Å²) in [6.45, 7) is 0.489. The molecule has 0 spiro atoms. The van der Waals surface area contributed by atoms with Crippen LogP contribution < -0.4 is 10.6 Å². The largest absolute Gasteiger partial charge is 0.478 e. The number of hydrogen-bond donors (Lipinski definition) is 3. The predicted molar refractivity (Wildman–Crippen MR) is 60.9 cm³/mol. The number of anilines is 1. The zero-order valence-electron chi connectivity index (χ0n) is 9.14. The second kappa shape index (κ2) is 4.82. The van der Waals surface area contributed by atoms with E-state index in [0.29, 0.717) is 18.8 Å². The van der Waals surface area contributed by atoms with Gasteiger partial charge in [0.15, 0.2) is 0 Å². The Morgan fingerprint density at radius 3 is 3.12 bits per heavy atom. The van der Waals surface area contributed by atoms with Gasteiger partial charge in [-0.05, 0) is 18.6 Å². The van der Waals surface area contributed by atoms with E-state index in [-0.39, 0.29) is 17.5 Å². The highest BCUT2D eigenvalue weighted by Gasteiger charge is 2.21. The number of nitrogens with one attached hydrogen (secondary N) is 2. The van der Waals surface area contributed by atoms with Gasteiger partial charge in [-0.3, -0.25) is 4.79 Å². The van der Waals surface area contributed by atoms with Crippen molar-refractivity contribution >= 4 is 17.7 Å². The van der Waals surface area contributed by atoms with Gasteiger partial charge in [0.2, 0.25) is 5.91 Å². The van der Waals surface area contributed by atoms with E-state index in [9.17, 15) is 9.59 Å². The Balaban J connectivity index is 1.99. The first-order chi connectivity index (χ1) is 8.16. The fraction of sp³-hybridized carbons (Fsp3) is 0.364. The van der Waals surface area contributed by atoms with Crippen molar-refractivity contribution in [3.8, 4) is 0 Å². The SMILES string of the molecule is O=C1CCC(CNc2ncccc2C(=O)O)N1. The highest BCUT2D eigenvalue weighted by Crippen LogP contribution is 2.13. The van der Waals surface area contributed by atoms with Crippen molar-refractivity contribution in [2.24, 2.45) is 0 Å². The minimum Gasteiger partial charge on any atom is -0.478 e. The van der Waals surface area contributed by atoms with Crippen LogP contribution in [0.4, 0.5) is 5.82 Å². The van der Waals surface area contributed by atoms with Crippen molar-refractivity contribution in [1.29, 1.82) is 0 Å². The highest BCUT2D eigenvalue weighted by atomic mass is 16.4. The van der Waals surface area contributed by atoms with Crippen LogP contribution in [0.2, 0.25) is 0 Å². The zero-order valence-corrected chi connectivity index (χ0v) is 9.14. The van der Waals surface area contributed by atoms with Crippen molar-refractivity contribution in [2.75, 3.05) is 11.9 Å². The van der Waals surface area contributed by atoms with Crippen LogP contribution in [0.15, 0.2) is 18.3 Å². The number of aromatic carboxylic acids is 1. The van der Waals surface area contributed by atoms with Crippen molar-refractivity contribution in [2.45, 2.75) is 18.9 Å². The third kappa shape index (κ3) is 2.72. The zero-order chi connectivity index (χ0) is 12.3. The number of carbonyl (C=O) groups excluding carboxylic acids is 1. The number of carboxylic acid groups (broad SMARTS) is 1. The fourth-order valence-electron chi connectivity index (χ4n) is 1.77. The number of carboxylic acids is 1. The summed E-state index contributed by atoms with van der Waals surface area (Å²) in [5.74, 6) is -0.645. The number of pyridine rings is 1. The van der Waals surface area contributed by atoms with Gasteiger partial charge in [0.05, 0.1) is 0 Å². The lowest BCUT2D eigenvalue weighted by Crippen LogP contribution is -2.32. The summed E-state index contributed by atoms with van der Waals surface area (Å²) in [6, 6.07) is 3.11. The van der Waals surface area contributed by atoms with E-state index in [2.05, 4.69) is 15.6 Å². The van der Waals surface area contributed by atoms with Gasteiger partial charge in [-0.25, -0.2) is 9.78 Å². The summed E-state index contributed by atoms with van der Waals surface area (Å²) >= 11 is 0. The molecule has 1 unspecified atom stereocenters. The highest BCUT2D eigenvalue weighted by molar-refractivity contribution is 5.93. The Bertz CT molecular complexity index is 447. The molecule has 1 saturated heterocycles. The molecule has 2 rings (SSSR count). The number of carbonyl (C=O) groups is 2. The Hall–Kier alpha value is -2.11. The molecule has 1 aromatic heterocycles. The third-order valence-electron chi connectivity index (χ3n) is 2.64. The number of amides is 1. The lowest BCUT2D eigenvalue weighted by atomic mass is 10.2. The van der Waals surface area contributed by atoms with E-state index in [4.69, 9.17) is 5.11 Å². The average molecular weight is 235 g/mol. The van der Waals surface area contributed by atoms with E-state index in [1.165, 1.54) is 12.3 Å². The molecule has 17 heavy (non-hydrogen) atoms. The molecule has 1 aromatic rings. The fourth-order valence-corrected chi connectivity index (χ4v) is 1.77. The van der Waals surface area contributed by atoms with Gasteiger partial charge in [-0.2, -0.15) is 0 Å². The lowest BCUT2D eigenvalue weighted by Gasteiger charge is -2.12. The van der Waals surface area contributed by atoms with Crippen LogP contribution in [0.3, 0.4) is 0 Å². The molecule has 1 aliphatic rings. The smallest absolute Gasteiger partial charge is 0.339 e. The van der Waals surface area contributed by atoms with Gasteiger partial charge in [0, 0.05) is 25.2 Å². The van der Waals surface area contributed by atoms with Crippen molar-refractivity contribution in [3.63, 3.8) is 0 Å². The van der Waals surface area contributed by atoms with Crippen LogP contribution >= 0.6 is 0 Å². The van der Waals surface area contributed by atoms with Crippen LogP contribution in [-0.4, -0.2) is 34.6 Å². The predicted octanol–water partition coefficient (Wildman–Crippen LogP) is 0.470. The number of nitrogens with zero attached hydrogens (tertiary/aromatic N) is 1. The second-order valence-electron chi connectivity index (χ2n) is 3.89. The van der Waals surface area contributed by atoms with Crippen LogP contribution in [0.25, 0.3) is 0 Å². The van der Waals surface area contributed by atoms with Crippen molar-refractivity contribution in [1.82, 2.24) is 10.3 Å². The van der Waals surface area contributed by atoms with Crippen LogP contribution in [0.1, 0.15) is 23.2 Å².